The van der Waals surface area contributed by atoms with Crippen LogP contribution in [-0.2, 0) is 21.4 Å². The van der Waals surface area contributed by atoms with Crippen LogP contribution in [0.3, 0.4) is 0 Å². The molecule has 9 heteroatoms. The molecule has 0 atom stereocenters. The average Bonchev–Trinajstić information content (AvgIpc) is 3.11. The highest BCUT2D eigenvalue weighted by Gasteiger charge is 2.20. The minimum Gasteiger partial charge on any atom is -0.451 e. The van der Waals surface area contributed by atoms with Gasteiger partial charge in [-0.25, -0.2) is 9.48 Å². The van der Waals surface area contributed by atoms with E-state index in [-0.39, 0.29) is 17.2 Å². The van der Waals surface area contributed by atoms with Gasteiger partial charge in [0.25, 0.3) is 11.5 Å². The molecule has 148 valence electrons. The third-order valence-corrected chi connectivity index (χ3v) is 4.58. The molecule has 2 heterocycles. The van der Waals surface area contributed by atoms with Gasteiger partial charge in [-0.2, -0.15) is 5.10 Å². The van der Waals surface area contributed by atoms with Crippen LogP contribution in [0.4, 0.5) is 0 Å². The van der Waals surface area contributed by atoms with Crippen molar-refractivity contribution >= 4 is 28.6 Å². The number of benzene rings is 1. The topological polar surface area (TPSA) is 111 Å². The third kappa shape index (κ3) is 4.36. The molecule has 3 rings (SSSR count). The number of carbonyl (C=O) groups excluding carboxylic acids is 3. The molecule has 0 spiro atoms. The zero-order valence-corrected chi connectivity index (χ0v) is 15.6. The molecule has 1 N–H and O–H groups in total. The van der Waals surface area contributed by atoms with E-state index in [0.29, 0.717) is 36.7 Å². The van der Waals surface area contributed by atoms with Gasteiger partial charge in [-0.3, -0.25) is 14.4 Å². The molecule has 0 bridgehead atoms. The summed E-state index contributed by atoms with van der Waals surface area (Å²) in [6.45, 7) is 1.32. The van der Waals surface area contributed by atoms with Crippen LogP contribution >= 0.6 is 0 Å². The quantitative estimate of drug-likeness (QED) is 0.538. The van der Waals surface area contributed by atoms with E-state index in [1.54, 1.807) is 29.2 Å². The molecule has 1 aliphatic heterocycles. The van der Waals surface area contributed by atoms with E-state index in [1.807, 2.05) is 0 Å². The number of nitrogens with one attached hydrogen (secondary N) is 1. The van der Waals surface area contributed by atoms with Gasteiger partial charge < -0.3 is 15.0 Å². The minimum atomic E-state index is -0.774. The number of ether oxygens (including phenoxy) is 1. The van der Waals surface area contributed by atoms with Crippen LogP contribution in [0.25, 0.3) is 10.8 Å². The van der Waals surface area contributed by atoms with Gasteiger partial charge in [0.2, 0.25) is 5.91 Å². The fraction of sp³-hybridized carbons (Fsp3) is 0.421. The Morgan fingerprint density at radius 2 is 1.96 bits per heavy atom. The Bertz CT molecular complexity index is 968. The maximum atomic E-state index is 12.3. The second kappa shape index (κ2) is 8.64. The number of hydrogen-bond acceptors (Lipinski definition) is 6. The Morgan fingerprint density at radius 1 is 1.21 bits per heavy atom. The Labute approximate surface area is 161 Å². The van der Waals surface area contributed by atoms with Crippen LogP contribution in [0.1, 0.15) is 29.8 Å². The van der Waals surface area contributed by atoms with Gasteiger partial charge in [0.15, 0.2) is 12.3 Å². The lowest BCUT2D eigenvalue weighted by Gasteiger charge is -2.15. The van der Waals surface area contributed by atoms with E-state index in [1.165, 1.54) is 7.05 Å². The van der Waals surface area contributed by atoms with E-state index < -0.39 is 18.5 Å². The first-order valence-electron chi connectivity index (χ1n) is 9.15. The Morgan fingerprint density at radius 3 is 2.68 bits per heavy atom. The maximum Gasteiger partial charge on any atom is 0.359 e. The summed E-state index contributed by atoms with van der Waals surface area (Å²) >= 11 is 0. The highest BCUT2D eigenvalue weighted by molar-refractivity contribution is 6.02. The first-order valence-corrected chi connectivity index (χ1v) is 9.15. The van der Waals surface area contributed by atoms with Gasteiger partial charge >= 0.3 is 5.97 Å². The van der Waals surface area contributed by atoms with Crippen molar-refractivity contribution in [3.8, 4) is 0 Å². The Hall–Kier alpha value is -3.23. The summed E-state index contributed by atoms with van der Waals surface area (Å²) in [5.74, 6) is -1.06. The van der Waals surface area contributed by atoms with Crippen molar-refractivity contribution in [2.24, 2.45) is 7.05 Å². The number of carbonyl (C=O) groups is 3. The van der Waals surface area contributed by atoms with Crippen molar-refractivity contribution in [3.05, 3.63) is 40.3 Å². The predicted molar refractivity (Wildman–Crippen MR) is 101 cm³/mol. The van der Waals surface area contributed by atoms with Crippen LogP contribution in [0, 0.1) is 0 Å². The van der Waals surface area contributed by atoms with Gasteiger partial charge in [-0.1, -0.05) is 18.2 Å². The van der Waals surface area contributed by atoms with Crippen LogP contribution in [0.2, 0.25) is 0 Å². The molecule has 0 radical (unpaired) electrons. The van der Waals surface area contributed by atoms with Crippen LogP contribution in [0.15, 0.2) is 29.1 Å². The molecule has 28 heavy (non-hydrogen) atoms. The standard InChI is InChI=1S/C19H22N4O5/c1-22-18(26)14-7-3-2-6-13(14)17(21-22)19(27)28-12-15(24)20-9-5-11-23-10-4-8-16(23)25/h2-3,6-7H,4-5,8-12H2,1H3,(H,20,24). The number of rotatable bonds is 7. The van der Waals surface area contributed by atoms with Crippen LogP contribution < -0.4 is 10.9 Å². The summed E-state index contributed by atoms with van der Waals surface area (Å²) in [5, 5.41) is 7.36. The fourth-order valence-electron chi connectivity index (χ4n) is 3.14. The third-order valence-electron chi connectivity index (χ3n) is 4.58. The van der Waals surface area contributed by atoms with E-state index in [9.17, 15) is 19.2 Å². The number of fused-ring (bicyclic) bond motifs is 1. The van der Waals surface area contributed by atoms with Crippen molar-refractivity contribution in [1.29, 1.82) is 0 Å². The lowest BCUT2D eigenvalue weighted by Crippen LogP contribution is -2.33. The van der Waals surface area contributed by atoms with E-state index in [2.05, 4.69) is 10.4 Å². The summed E-state index contributed by atoms with van der Waals surface area (Å²) in [5.41, 5.74) is -0.334. The summed E-state index contributed by atoms with van der Waals surface area (Å²) in [6, 6.07) is 6.61. The number of nitrogens with zero attached hydrogens (tertiary/aromatic N) is 3. The fourth-order valence-corrected chi connectivity index (χ4v) is 3.14. The monoisotopic (exact) mass is 386 g/mol. The largest absolute Gasteiger partial charge is 0.451 e. The summed E-state index contributed by atoms with van der Waals surface area (Å²) < 4.78 is 6.12. The van der Waals surface area contributed by atoms with E-state index >= 15 is 0 Å². The van der Waals surface area contributed by atoms with Gasteiger partial charge in [-0.15, -0.1) is 0 Å². The van der Waals surface area contributed by atoms with E-state index in [4.69, 9.17) is 4.74 Å². The van der Waals surface area contributed by atoms with Crippen LogP contribution in [0.5, 0.6) is 0 Å². The average molecular weight is 386 g/mol. The lowest BCUT2D eigenvalue weighted by molar-refractivity contribution is -0.127. The van der Waals surface area contributed by atoms with Crippen molar-refractivity contribution in [2.45, 2.75) is 19.3 Å². The molecule has 1 aromatic carbocycles. The molecule has 1 aromatic heterocycles. The number of aromatic nitrogens is 2. The van der Waals surface area contributed by atoms with Crippen molar-refractivity contribution in [3.63, 3.8) is 0 Å². The number of esters is 1. The van der Waals surface area contributed by atoms with Gasteiger partial charge in [0.05, 0.1) is 5.39 Å². The number of amides is 2. The molecule has 1 saturated heterocycles. The maximum absolute atomic E-state index is 12.3. The van der Waals surface area contributed by atoms with Gasteiger partial charge in [0, 0.05) is 38.5 Å². The predicted octanol–water partition coefficient (Wildman–Crippen LogP) is 0.219. The molecule has 1 aliphatic rings. The molecule has 2 aromatic rings. The highest BCUT2D eigenvalue weighted by Crippen LogP contribution is 2.14. The van der Waals surface area contributed by atoms with Gasteiger partial charge in [0.1, 0.15) is 0 Å². The molecule has 1 fully saturated rings. The summed E-state index contributed by atoms with van der Waals surface area (Å²) in [6.07, 6.45) is 2.11. The Kier molecular flexibility index (Phi) is 6.03. The zero-order valence-electron chi connectivity index (χ0n) is 15.6. The molecule has 2 amide bonds. The number of hydrogen-bond donors (Lipinski definition) is 1. The highest BCUT2D eigenvalue weighted by atomic mass is 16.5. The first-order chi connectivity index (χ1) is 13.5. The SMILES string of the molecule is Cn1nc(C(=O)OCC(=O)NCCCN2CCCC2=O)c2ccccc2c1=O. The van der Waals surface area contributed by atoms with Crippen molar-refractivity contribution in [1.82, 2.24) is 20.0 Å². The first kappa shape index (κ1) is 19.5. The Balaban J connectivity index is 1.51. The molecule has 0 saturated carbocycles. The van der Waals surface area contributed by atoms with Crippen molar-refractivity contribution < 1.29 is 19.1 Å². The normalized spacial score (nSPS) is 13.8. The van der Waals surface area contributed by atoms with Gasteiger partial charge in [-0.05, 0) is 18.9 Å². The molecular weight excluding hydrogens is 364 g/mol. The molecule has 9 nitrogen and oxygen atoms in total. The second-order valence-corrected chi connectivity index (χ2v) is 6.59. The van der Waals surface area contributed by atoms with Crippen molar-refractivity contribution in [2.75, 3.05) is 26.2 Å². The summed E-state index contributed by atoms with van der Waals surface area (Å²) in [4.78, 5) is 49.6. The number of aryl methyl sites for hydroxylation is 1. The smallest absolute Gasteiger partial charge is 0.359 e. The van der Waals surface area contributed by atoms with Crippen LogP contribution in [-0.4, -0.2) is 58.7 Å². The van der Waals surface area contributed by atoms with E-state index in [0.717, 1.165) is 17.6 Å². The minimum absolute atomic E-state index is 0.0157. The number of likely N-dealkylation sites (tertiary alicyclic amines) is 1. The summed E-state index contributed by atoms with van der Waals surface area (Å²) in [7, 11) is 1.45. The molecule has 0 unspecified atom stereocenters. The molecule has 0 aliphatic carbocycles. The zero-order chi connectivity index (χ0) is 20.1. The molecular formula is C19H22N4O5. The lowest BCUT2D eigenvalue weighted by atomic mass is 10.1. The second-order valence-electron chi connectivity index (χ2n) is 6.59.